The fourth-order valence-electron chi connectivity index (χ4n) is 3.56. The molecule has 2 heterocycles. The van der Waals surface area contributed by atoms with Crippen molar-refractivity contribution in [2.24, 2.45) is 0 Å². The van der Waals surface area contributed by atoms with Crippen LogP contribution in [-0.2, 0) is 4.79 Å². The van der Waals surface area contributed by atoms with Gasteiger partial charge in [-0.3, -0.25) is 14.6 Å². The van der Waals surface area contributed by atoms with E-state index < -0.39 is 0 Å². The maximum atomic E-state index is 12.9. The summed E-state index contributed by atoms with van der Waals surface area (Å²) >= 11 is 0. The quantitative estimate of drug-likeness (QED) is 0.841. The molecule has 0 radical (unpaired) electrons. The van der Waals surface area contributed by atoms with Gasteiger partial charge in [-0.2, -0.15) is 0 Å². The molecule has 0 aliphatic carbocycles. The van der Waals surface area contributed by atoms with E-state index in [1.807, 2.05) is 61.5 Å². The van der Waals surface area contributed by atoms with Gasteiger partial charge in [0.25, 0.3) is 0 Å². The Hall–Kier alpha value is -2.11. The number of nitrogens with zero attached hydrogens (tertiary/aromatic N) is 2. The molecule has 1 N–H and O–H groups in total. The van der Waals surface area contributed by atoms with E-state index in [0.717, 1.165) is 24.4 Å². The molecule has 5 nitrogen and oxygen atoms in total. The average Bonchev–Trinajstić information content (AvgIpc) is 3.30. The number of furan rings is 1. The summed E-state index contributed by atoms with van der Waals surface area (Å²) in [5.74, 6) is 0.940. The number of benzene rings is 1. The van der Waals surface area contributed by atoms with Crippen molar-refractivity contribution in [2.45, 2.75) is 24.9 Å². The smallest absolute Gasteiger partial charge is 0.242 e. The van der Waals surface area contributed by atoms with Crippen molar-refractivity contribution in [2.75, 3.05) is 33.7 Å². The van der Waals surface area contributed by atoms with Gasteiger partial charge >= 0.3 is 0 Å². The lowest BCUT2D eigenvalue weighted by Gasteiger charge is -2.28. The minimum absolute atomic E-state index is 0.0203. The molecule has 3 rings (SSSR count). The minimum atomic E-state index is -0.294. The monoisotopic (exact) mass is 341 g/mol. The van der Waals surface area contributed by atoms with Gasteiger partial charge in [0.2, 0.25) is 5.91 Å². The van der Waals surface area contributed by atoms with E-state index in [1.54, 1.807) is 6.26 Å². The number of hydrogen-bond acceptors (Lipinski definition) is 4. The lowest BCUT2D eigenvalue weighted by molar-refractivity contribution is -0.126. The zero-order valence-corrected chi connectivity index (χ0v) is 15.0. The molecule has 1 aliphatic heterocycles. The summed E-state index contributed by atoms with van der Waals surface area (Å²) in [4.78, 5) is 17.2. The second kappa shape index (κ2) is 8.32. The molecule has 0 spiro atoms. The van der Waals surface area contributed by atoms with Crippen molar-refractivity contribution in [3.8, 4) is 0 Å². The third-order valence-corrected chi connectivity index (χ3v) is 4.80. The van der Waals surface area contributed by atoms with Crippen LogP contribution in [0, 0.1) is 0 Å². The normalized spacial score (nSPS) is 17.6. The maximum Gasteiger partial charge on any atom is 0.242 e. The van der Waals surface area contributed by atoms with Crippen molar-refractivity contribution >= 4 is 5.91 Å². The van der Waals surface area contributed by atoms with Gasteiger partial charge in [-0.25, -0.2) is 0 Å². The number of carbonyl (C=O) groups excluding carboxylic acids is 1. The molecule has 134 valence electrons. The van der Waals surface area contributed by atoms with Crippen LogP contribution in [0.15, 0.2) is 53.1 Å². The summed E-state index contributed by atoms with van der Waals surface area (Å²) in [6, 6.07) is 13.6. The fraction of sp³-hybridized carbons (Fsp3) is 0.450. The number of hydrogen-bond donors (Lipinski definition) is 1. The molecule has 0 bridgehead atoms. The molecule has 0 saturated carbocycles. The van der Waals surface area contributed by atoms with E-state index in [1.165, 1.54) is 12.8 Å². The highest BCUT2D eigenvalue weighted by molar-refractivity contribution is 5.83. The topological polar surface area (TPSA) is 48.7 Å². The Bertz CT molecular complexity index is 649. The van der Waals surface area contributed by atoms with E-state index >= 15 is 0 Å². The first-order valence-electron chi connectivity index (χ1n) is 8.93. The highest BCUT2D eigenvalue weighted by atomic mass is 16.3. The molecule has 1 amide bonds. The molecule has 1 fully saturated rings. The maximum absolute atomic E-state index is 12.9. The molecule has 2 atom stereocenters. The summed E-state index contributed by atoms with van der Waals surface area (Å²) in [6.07, 6.45) is 4.11. The predicted octanol–water partition coefficient (Wildman–Crippen LogP) is 2.84. The second-order valence-electron chi connectivity index (χ2n) is 6.80. The lowest BCUT2D eigenvalue weighted by atomic mass is 10.1. The molecule has 2 aromatic rings. The van der Waals surface area contributed by atoms with Crippen LogP contribution >= 0.6 is 0 Å². The first kappa shape index (κ1) is 17.7. The van der Waals surface area contributed by atoms with Crippen LogP contribution in [0.3, 0.4) is 0 Å². The summed E-state index contributed by atoms with van der Waals surface area (Å²) in [6.45, 7) is 2.66. The van der Waals surface area contributed by atoms with Gasteiger partial charge in [0.15, 0.2) is 0 Å². The van der Waals surface area contributed by atoms with Crippen molar-refractivity contribution in [1.82, 2.24) is 15.1 Å². The van der Waals surface area contributed by atoms with Gasteiger partial charge in [0, 0.05) is 6.54 Å². The third-order valence-electron chi connectivity index (χ3n) is 4.80. The number of nitrogens with one attached hydrogen (secondary N) is 1. The Morgan fingerprint density at radius 3 is 2.48 bits per heavy atom. The van der Waals surface area contributed by atoms with Crippen LogP contribution in [0.2, 0.25) is 0 Å². The van der Waals surface area contributed by atoms with Crippen molar-refractivity contribution < 1.29 is 9.21 Å². The van der Waals surface area contributed by atoms with Crippen LogP contribution in [-0.4, -0.2) is 49.4 Å². The van der Waals surface area contributed by atoms with Crippen LogP contribution in [0.4, 0.5) is 0 Å². The van der Waals surface area contributed by atoms with Crippen LogP contribution in [0.1, 0.15) is 36.2 Å². The highest BCUT2D eigenvalue weighted by Crippen LogP contribution is 2.25. The molecule has 25 heavy (non-hydrogen) atoms. The standard InChI is InChI=1S/C20H27N3O2/c1-22(2)19(16-9-4-3-5-10-16)20(24)21-15-17(18-11-8-14-25-18)23-12-6-7-13-23/h3-5,8-11,14,17,19H,6-7,12-13,15H2,1-2H3,(H,21,24)/t17-,19-/m0/s1. The molecule has 5 heteroatoms. The van der Waals surface area contributed by atoms with Gasteiger partial charge in [0.05, 0.1) is 12.3 Å². The summed E-state index contributed by atoms with van der Waals surface area (Å²) in [5, 5.41) is 3.15. The number of rotatable bonds is 7. The van der Waals surface area contributed by atoms with Crippen LogP contribution < -0.4 is 5.32 Å². The SMILES string of the molecule is CN(C)[C@H](C(=O)NC[C@@H](c1ccco1)N1CCCC1)c1ccccc1. The van der Waals surface area contributed by atoms with E-state index in [-0.39, 0.29) is 18.0 Å². The van der Waals surface area contributed by atoms with Crippen molar-refractivity contribution in [3.05, 3.63) is 60.1 Å². The minimum Gasteiger partial charge on any atom is -0.468 e. The summed E-state index contributed by atoms with van der Waals surface area (Å²) in [5.41, 5.74) is 1.00. The van der Waals surface area contributed by atoms with E-state index in [9.17, 15) is 4.79 Å². The van der Waals surface area contributed by atoms with Crippen molar-refractivity contribution in [1.29, 1.82) is 0 Å². The van der Waals surface area contributed by atoms with Gasteiger partial charge < -0.3 is 9.73 Å². The van der Waals surface area contributed by atoms with Crippen molar-refractivity contribution in [3.63, 3.8) is 0 Å². The van der Waals surface area contributed by atoms with Crippen LogP contribution in [0.25, 0.3) is 0 Å². The van der Waals surface area contributed by atoms with Gasteiger partial charge in [-0.15, -0.1) is 0 Å². The van der Waals surface area contributed by atoms with E-state index in [4.69, 9.17) is 4.42 Å². The Balaban J connectivity index is 1.70. The highest BCUT2D eigenvalue weighted by Gasteiger charge is 2.28. The number of likely N-dealkylation sites (N-methyl/N-ethyl adjacent to an activating group) is 1. The average molecular weight is 341 g/mol. The second-order valence-corrected chi connectivity index (χ2v) is 6.80. The first-order chi connectivity index (χ1) is 12.2. The van der Waals surface area contributed by atoms with E-state index in [0.29, 0.717) is 6.54 Å². The summed E-state index contributed by atoms with van der Waals surface area (Å²) < 4.78 is 5.63. The number of likely N-dealkylation sites (tertiary alicyclic amines) is 1. The molecule has 1 aliphatic rings. The largest absolute Gasteiger partial charge is 0.468 e. The Kier molecular flexibility index (Phi) is 5.89. The summed E-state index contributed by atoms with van der Waals surface area (Å²) in [7, 11) is 3.86. The Morgan fingerprint density at radius 1 is 1.16 bits per heavy atom. The zero-order valence-electron chi connectivity index (χ0n) is 15.0. The van der Waals surface area contributed by atoms with Gasteiger partial charge in [-0.05, 0) is 57.7 Å². The van der Waals surface area contributed by atoms with E-state index in [2.05, 4.69) is 10.2 Å². The molecular weight excluding hydrogens is 314 g/mol. The predicted molar refractivity (Wildman–Crippen MR) is 98.1 cm³/mol. The first-order valence-corrected chi connectivity index (χ1v) is 8.93. The lowest BCUT2D eigenvalue weighted by Crippen LogP contribution is -2.41. The molecule has 1 aromatic heterocycles. The Labute approximate surface area is 149 Å². The number of amides is 1. The third kappa shape index (κ3) is 4.30. The number of carbonyl (C=O) groups is 1. The zero-order chi connectivity index (χ0) is 17.6. The van der Waals surface area contributed by atoms with Crippen LogP contribution in [0.5, 0.6) is 0 Å². The molecule has 0 unspecified atom stereocenters. The fourth-order valence-corrected chi connectivity index (χ4v) is 3.56. The Morgan fingerprint density at radius 2 is 1.88 bits per heavy atom. The molecule has 1 saturated heterocycles. The molecule has 1 aromatic carbocycles. The van der Waals surface area contributed by atoms with Gasteiger partial charge in [0.1, 0.15) is 11.8 Å². The van der Waals surface area contributed by atoms with Gasteiger partial charge in [-0.1, -0.05) is 30.3 Å². The molecular formula is C20H27N3O2.